The van der Waals surface area contributed by atoms with Gasteiger partial charge in [0.05, 0.1) is 36.1 Å². The Kier molecular flexibility index (Phi) is 6.21. The Morgan fingerprint density at radius 3 is 2.35 bits per heavy atom. The average molecular weight is 515 g/mol. The van der Waals surface area contributed by atoms with E-state index in [0.717, 1.165) is 26.9 Å². The third-order valence-corrected chi connectivity index (χ3v) is 7.57. The number of amides is 1. The summed E-state index contributed by atoms with van der Waals surface area (Å²) < 4.78 is 11.8. The molecule has 1 aromatic heterocycles. The first-order chi connectivity index (χ1) is 17.7. The van der Waals surface area contributed by atoms with Crippen molar-refractivity contribution in [1.29, 1.82) is 0 Å². The van der Waals surface area contributed by atoms with Crippen LogP contribution in [0.3, 0.4) is 0 Å². The zero-order valence-electron chi connectivity index (χ0n) is 21.2. The van der Waals surface area contributed by atoms with Crippen molar-refractivity contribution in [3.63, 3.8) is 0 Å². The molecule has 2 heterocycles. The van der Waals surface area contributed by atoms with Crippen molar-refractivity contribution < 1.29 is 24.2 Å². The van der Waals surface area contributed by atoms with Crippen molar-refractivity contribution in [2.24, 2.45) is 0 Å². The standard InChI is InChI=1S/C29H26N2O5S/c1-15-6-8-17(3)19(12-15)26(32)24-25(18-9-11-21(35-4)22(14-18)36-5)31(28(34)27(24)33)29-30-20-10-7-16(2)13-23(20)37-29/h6-14,25,32H,1-5H3. The Hall–Kier alpha value is -4.17. The Bertz CT molecular complexity index is 1600. The van der Waals surface area contributed by atoms with Gasteiger partial charge in [-0.15, -0.1) is 0 Å². The lowest BCUT2D eigenvalue weighted by molar-refractivity contribution is -0.132. The molecule has 1 unspecified atom stereocenters. The molecular weight excluding hydrogens is 488 g/mol. The smallest absolute Gasteiger partial charge is 0.301 e. The second kappa shape index (κ2) is 9.37. The summed E-state index contributed by atoms with van der Waals surface area (Å²) in [7, 11) is 3.05. The topological polar surface area (TPSA) is 89.0 Å². The number of fused-ring (bicyclic) bond motifs is 1. The zero-order chi connectivity index (χ0) is 26.4. The number of aryl methyl sites for hydroxylation is 3. The maximum atomic E-state index is 13.6. The van der Waals surface area contributed by atoms with Crippen LogP contribution in [0.2, 0.25) is 0 Å². The molecule has 0 radical (unpaired) electrons. The van der Waals surface area contributed by atoms with Crippen molar-refractivity contribution in [1.82, 2.24) is 4.98 Å². The molecule has 0 spiro atoms. The normalized spacial score (nSPS) is 17.0. The summed E-state index contributed by atoms with van der Waals surface area (Å²) in [4.78, 5) is 33.2. The average Bonchev–Trinajstić information content (AvgIpc) is 3.42. The second-order valence-corrected chi connectivity index (χ2v) is 10.1. The number of hydrogen-bond donors (Lipinski definition) is 1. The number of Topliss-reactive ketones (excluding diaryl/α,β-unsaturated/α-hetero) is 1. The van der Waals surface area contributed by atoms with Crippen LogP contribution < -0.4 is 14.4 Å². The third kappa shape index (κ3) is 4.13. The lowest BCUT2D eigenvalue weighted by Gasteiger charge is -2.24. The molecule has 0 bridgehead atoms. The number of aromatic nitrogens is 1. The van der Waals surface area contributed by atoms with Crippen molar-refractivity contribution in [3.8, 4) is 11.5 Å². The lowest BCUT2D eigenvalue weighted by atomic mass is 9.93. The largest absolute Gasteiger partial charge is 0.507 e. The van der Waals surface area contributed by atoms with Gasteiger partial charge >= 0.3 is 5.91 Å². The molecule has 8 heteroatoms. The van der Waals surface area contributed by atoms with E-state index in [2.05, 4.69) is 4.98 Å². The fraction of sp³-hybridized carbons (Fsp3) is 0.207. The van der Waals surface area contributed by atoms with E-state index < -0.39 is 17.7 Å². The highest BCUT2D eigenvalue weighted by Crippen LogP contribution is 2.46. The summed E-state index contributed by atoms with van der Waals surface area (Å²) in [5, 5.41) is 11.9. The van der Waals surface area contributed by atoms with Crippen LogP contribution in [0.1, 0.15) is 33.9 Å². The van der Waals surface area contributed by atoms with Crippen LogP contribution in [0.4, 0.5) is 5.13 Å². The summed E-state index contributed by atoms with van der Waals surface area (Å²) in [6.07, 6.45) is 0. The quantitative estimate of drug-likeness (QED) is 0.204. The van der Waals surface area contributed by atoms with Gasteiger partial charge in [-0.05, 0) is 67.8 Å². The number of thiazole rings is 1. The van der Waals surface area contributed by atoms with Crippen LogP contribution in [-0.4, -0.2) is 36.0 Å². The first-order valence-corrected chi connectivity index (χ1v) is 12.5. The van der Waals surface area contributed by atoms with Gasteiger partial charge in [0.2, 0.25) is 0 Å². The highest BCUT2D eigenvalue weighted by Gasteiger charge is 2.48. The molecule has 37 heavy (non-hydrogen) atoms. The number of methoxy groups -OCH3 is 2. The number of rotatable bonds is 5. The Morgan fingerprint density at radius 1 is 0.919 bits per heavy atom. The van der Waals surface area contributed by atoms with Gasteiger partial charge in [-0.25, -0.2) is 4.98 Å². The van der Waals surface area contributed by atoms with Crippen LogP contribution in [-0.2, 0) is 9.59 Å². The predicted octanol–water partition coefficient (Wildman–Crippen LogP) is 5.87. The number of anilines is 1. The molecule has 4 aromatic rings. The van der Waals surface area contributed by atoms with Gasteiger partial charge in [-0.1, -0.05) is 41.2 Å². The fourth-order valence-electron chi connectivity index (χ4n) is 4.63. The maximum absolute atomic E-state index is 13.6. The molecule has 1 aliphatic rings. The molecule has 7 nitrogen and oxygen atoms in total. The van der Waals surface area contributed by atoms with Gasteiger partial charge in [-0.2, -0.15) is 0 Å². The van der Waals surface area contributed by atoms with Gasteiger partial charge in [0.25, 0.3) is 5.78 Å². The van der Waals surface area contributed by atoms with Crippen LogP contribution in [0.5, 0.6) is 11.5 Å². The molecule has 188 valence electrons. The summed E-state index contributed by atoms with van der Waals surface area (Å²) in [5.41, 5.74) is 4.59. The maximum Gasteiger partial charge on any atom is 0.301 e. The van der Waals surface area contributed by atoms with Gasteiger partial charge in [-0.3, -0.25) is 14.5 Å². The number of carbonyl (C=O) groups is 2. The number of aliphatic hydroxyl groups is 1. The van der Waals surface area contributed by atoms with E-state index in [9.17, 15) is 14.7 Å². The van der Waals surface area contributed by atoms with E-state index in [1.165, 1.54) is 30.5 Å². The van der Waals surface area contributed by atoms with Crippen LogP contribution in [0.15, 0.2) is 60.2 Å². The number of ether oxygens (including phenoxy) is 2. The molecule has 1 atom stereocenters. The fourth-order valence-corrected chi connectivity index (χ4v) is 5.72. The summed E-state index contributed by atoms with van der Waals surface area (Å²) in [5.74, 6) is -0.791. The van der Waals surface area contributed by atoms with Crippen LogP contribution in [0.25, 0.3) is 16.0 Å². The first-order valence-electron chi connectivity index (χ1n) is 11.7. The monoisotopic (exact) mass is 514 g/mol. The summed E-state index contributed by atoms with van der Waals surface area (Å²) in [6, 6.07) is 15.7. The zero-order valence-corrected chi connectivity index (χ0v) is 22.0. The Balaban J connectivity index is 1.77. The SMILES string of the molecule is COc1ccc(C2C(=C(O)c3cc(C)ccc3C)C(=O)C(=O)N2c2nc3ccc(C)cc3s2)cc1OC. The molecule has 1 fully saturated rings. The molecule has 1 N–H and O–H groups in total. The number of nitrogens with zero attached hydrogens (tertiary/aromatic N) is 2. The number of carbonyl (C=O) groups excluding carboxylic acids is 2. The van der Waals surface area contributed by atoms with Gasteiger partial charge in [0.15, 0.2) is 16.6 Å². The van der Waals surface area contributed by atoms with Crippen molar-refractivity contribution in [2.75, 3.05) is 19.1 Å². The van der Waals surface area contributed by atoms with Crippen molar-refractivity contribution in [2.45, 2.75) is 26.8 Å². The van der Waals surface area contributed by atoms with E-state index in [1.54, 1.807) is 18.2 Å². The Morgan fingerprint density at radius 2 is 1.62 bits per heavy atom. The number of aliphatic hydroxyl groups excluding tert-OH is 1. The Labute approximate surface area is 218 Å². The van der Waals surface area contributed by atoms with E-state index in [1.807, 2.05) is 57.2 Å². The molecule has 3 aromatic carbocycles. The highest BCUT2D eigenvalue weighted by atomic mass is 32.1. The molecule has 1 aliphatic heterocycles. The molecular formula is C29H26N2O5S. The van der Waals surface area contributed by atoms with Gasteiger partial charge in [0, 0.05) is 5.56 Å². The van der Waals surface area contributed by atoms with Crippen molar-refractivity contribution >= 4 is 44.1 Å². The molecule has 5 rings (SSSR count). The molecule has 1 saturated heterocycles. The highest BCUT2D eigenvalue weighted by molar-refractivity contribution is 7.22. The first kappa shape index (κ1) is 24.5. The predicted molar refractivity (Wildman–Crippen MR) is 145 cm³/mol. The minimum absolute atomic E-state index is 0.00126. The van der Waals surface area contributed by atoms with Gasteiger partial charge in [0.1, 0.15) is 5.76 Å². The third-order valence-electron chi connectivity index (χ3n) is 6.55. The summed E-state index contributed by atoms with van der Waals surface area (Å²) in [6.45, 7) is 5.74. The minimum Gasteiger partial charge on any atom is -0.507 e. The minimum atomic E-state index is -0.915. The molecule has 0 saturated carbocycles. The van der Waals surface area contributed by atoms with E-state index in [4.69, 9.17) is 9.47 Å². The van der Waals surface area contributed by atoms with E-state index in [-0.39, 0.29) is 11.3 Å². The van der Waals surface area contributed by atoms with Crippen LogP contribution in [0, 0.1) is 20.8 Å². The van der Waals surface area contributed by atoms with Crippen LogP contribution >= 0.6 is 11.3 Å². The number of ketones is 1. The second-order valence-electron chi connectivity index (χ2n) is 9.07. The van der Waals surface area contributed by atoms with E-state index >= 15 is 0 Å². The lowest BCUT2D eigenvalue weighted by Crippen LogP contribution is -2.29. The number of benzene rings is 3. The van der Waals surface area contributed by atoms with Gasteiger partial charge < -0.3 is 14.6 Å². The van der Waals surface area contributed by atoms with E-state index in [0.29, 0.717) is 27.8 Å². The number of hydrogen-bond acceptors (Lipinski definition) is 7. The molecule has 0 aliphatic carbocycles. The summed E-state index contributed by atoms with van der Waals surface area (Å²) >= 11 is 1.33. The van der Waals surface area contributed by atoms with Crippen molar-refractivity contribution in [3.05, 3.63) is 88.0 Å². The molecule has 1 amide bonds.